The van der Waals surface area contributed by atoms with Gasteiger partial charge in [-0.2, -0.15) is 0 Å². The number of benzene rings is 1. The van der Waals surface area contributed by atoms with E-state index in [4.69, 9.17) is 9.47 Å². The van der Waals surface area contributed by atoms with Crippen molar-refractivity contribution in [1.29, 1.82) is 0 Å². The Morgan fingerprint density at radius 2 is 2.12 bits per heavy atom. The first-order valence-corrected chi connectivity index (χ1v) is 5.75. The Bertz CT molecular complexity index is 399. The summed E-state index contributed by atoms with van der Waals surface area (Å²) in [5.74, 6) is 0.156. The first-order valence-electron chi connectivity index (χ1n) is 5.01. The van der Waals surface area contributed by atoms with Gasteiger partial charge < -0.3 is 9.47 Å². The standard InChI is InChI=1S/C12H13O4S/c1-3-12(13)16-9(2)8-15-10-4-6-11(17-14)7-5-10/h3-7,9H,1,8H2,2H3/q+1. The van der Waals surface area contributed by atoms with Crippen molar-refractivity contribution < 1.29 is 18.5 Å². The minimum absolute atomic E-state index is 0.253. The molecule has 1 rings (SSSR count). The number of ether oxygens (including phenoxy) is 2. The highest BCUT2D eigenvalue weighted by Gasteiger charge is 2.09. The molecule has 0 saturated carbocycles. The molecular formula is C12H13O4S+. The van der Waals surface area contributed by atoms with Crippen LogP contribution in [0.1, 0.15) is 6.92 Å². The van der Waals surface area contributed by atoms with Gasteiger partial charge in [-0.1, -0.05) is 6.58 Å². The fourth-order valence-corrected chi connectivity index (χ4v) is 1.33. The zero-order valence-corrected chi connectivity index (χ0v) is 10.2. The second-order valence-electron chi connectivity index (χ2n) is 3.32. The second-order valence-corrected chi connectivity index (χ2v) is 3.96. The molecule has 0 N–H and O–H groups in total. The van der Waals surface area contributed by atoms with Crippen molar-refractivity contribution in [2.45, 2.75) is 17.9 Å². The molecule has 0 bridgehead atoms. The van der Waals surface area contributed by atoms with Crippen LogP contribution in [-0.2, 0) is 25.4 Å². The van der Waals surface area contributed by atoms with Crippen LogP contribution in [0.5, 0.6) is 5.75 Å². The van der Waals surface area contributed by atoms with E-state index in [1.165, 1.54) is 0 Å². The van der Waals surface area contributed by atoms with Gasteiger partial charge in [-0.3, -0.25) is 0 Å². The summed E-state index contributed by atoms with van der Waals surface area (Å²) in [5, 5.41) is 0. The molecule has 4 nitrogen and oxygen atoms in total. The van der Waals surface area contributed by atoms with Gasteiger partial charge in [0.15, 0.2) is 0 Å². The lowest BCUT2D eigenvalue weighted by Gasteiger charge is -2.12. The largest absolute Gasteiger partial charge is 0.505 e. The Morgan fingerprint density at radius 1 is 1.47 bits per heavy atom. The van der Waals surface area contributed by atoms with Gasteiger partial charge in [-0.15, -0.1) is 0 Å². The number of carbonyl (C=O) groups is 1. The lowest BCUT2D eigenvalue weighted by atomic mass is 10.3. The molecule has 1 unspecified atom stereocenters. The van der Waals surface area contributed by atoms with Crippen LogP contribution in [0.25, 0.3) is 0 Å². The second kappa shape index (κ2) is 6.75. The highest BCUT2D eigenvalue weighted by Crippen LogP contribution is 2.12. The van der Waals surface area contributed by atoms with E-state index in [2.05, 4.69) is 6.58 Å². The molecule has 17 heavy (non-hydrogen) atoms. The number of esters is 1. The first-order chi connectivity index (χ1) is 8.15. The number of carbonyl (C=O) groups excluding carboxylic acids is 1. The smallest absolute Gasteiger partial charge is 0.490 e. The van der Waals surface area contributed by atoms with Crippen LogP contribution < -0.4 is 4.74 Å². The fourth-order valence-electron chi connectivity index (χ4n) is 1.09. The Hall–Kier alpha value is -1.75. The zero-order valence-electron chi connectivity index (χ0n) is 9.42. The van der Waals surface area contributed by atoms with E-state index in [1.807, 2.05) is 0 Å². The zero-order chi connectivity index (χ0) is 12.7. The summed E-state index contributed by atoms with van der Waals surface area (Å²) in [4.78, 5) is 11.5. The van der Waals surface area contributed by atoms with Crippen LogP contribution in [-0.4, -0.2) is 18.7 Å². The fraction of sp³-hybridized carbons (Fsp3) is 0.250. The molecule has 0 saturated heterocycles. The van der Waals surface area contributed by atoms with Crippen molar-refractivity contribution in [3.8, 4) is 5.75 Å². The Labute approximate surface area is 104 Å². The first kappa shape index (κ1) is 13.3. The number of hydrogen-bond donors (Lipinski definition) is 0. The highest BCUT2D eigenvalue weighted by molar-refractivity contribution is 7.65. The Balaban J connectivity index is 2.41. The SMILES string of the molecule is C=CC(=O)OC(C)COc1ccc([S+]=O)cc1. The summed E-state index contributed by atoms with van der Waals surface area (Å²) in [7, 11) is 0. The summed E-state index contributed by atoms with van der Waals surface area (Å²) < 4.78 is 20.8. The Kier molecular flexibility index (Phi) is 5.29. The van der Waals surface area contributed by atoms with Crippen LogP contribution in [0.2, 0.25) is 0 Å². The van der Waals surface area contributed by atoms with E-state index >= 15 is 0 Å². The topological polar surface area (TPSA) is 52.6 Å². The normalized spacial score (nSPS) is 11.4. The summed E-state index contributed by atoms with van der Waals surface area (Å²) in [5.41, 5.74) is 0. The molecule has 0 radical (unpaired) electrons. The maximum absolute atomic E-state index is 10.9. The molecule has 5 heteroatoms. The minimum atomic E-state index is -0.473. The van der Waals surface area contributed by atoms with Gasteiger partial charge in [0.1, 0.15) is 18.5 Å². The molecule has 90 valence electrons. The molecule has 0 spiro atoms. The maximum atomic E-state index is 10.9. The van der Waals surface area contributed by atoms with Crippen molar-refractivity contribution >= 4 is 17.6 Å². The number of rotatable bonds is 6. The molecule has 0 heterocycles. The lowest BCUT2D eigenvalue weighted by Crippen LogP contribution is -2.20. The van der Waals surface area contributed by atoms with Crippen molar-refractivity contribution in [3.05, 3.63) is 36.9 Å². The third kappa shape index (κ3) is 4.74. The average molecular weight is 253 g/mol. The van der Waals surface area contributed by atoms with Gasteiger partial charge in [-0.05, 0) is 19.1 Å². The van der Waals surface area contributed by atoms with Crippen LogP contribution >= 0.6 is 0 Å². The predicted octanol–water partition coefficient (Wildman–Crippen LogP) is 1.97. The predicted molar refractivity (Wildman–Crippen MR) is 64.0 cm³/mol. The van der Waals surface area contributed by atoms with Gasteiger partial charge >= 0.3 is 17.6 Å². The van der Waals surface area contributed by atoms with Gasteiger partial charge in [0, 0.05) is 22.4 Å². The molecule has 0 amide bonds. The van der Waals surface area contributed by atoms with E-state index in [0.29, 0.717) is 22.3 Å². The van der Waals surface area contributed by atoms with Crippen molar-refractivity contribution in [2.75, 3.05) is 6.61 Å². The molecule has 0 fully saturated rings. The molecular weight excluding hydrogens is 240 g/mol. The van der Waals surface area contributed by atoms with Gasteiger partial charge in [0.05, 0.1) is 0 Å². The highest BCUT2D eigenvalue weighted by atomic mass is 32.1. The van der Waals surface area contributed by atoms with E-state index in [1.54, 1.807) is 31.2 Å². The van der Waals surface area contributed by atoms with Crippen molar-refractivity contribution in [3.63, 3.8) is 0 Å². The number of hydrogen-bond acceptors (Lipinski definition) is 4. The monoisotopic (exact) mass is 253 g/mol. The molecule has 0 aliphatic heterocycles. The molecule has 1 aromatic carbocycles. The molecule has 0 aliphatic rings. The van der Waals surface area contributed by atoms with Gasteiger partial charge in [-0.25, -0.2) is 4.79 Å². The van der Waals surface area contributed by atoms with Crippen LogP contribution in [0.3, 0.4) is 0 Å². The van der Waals surface area contributed by atoms with Crippen LogP contribution in [0, 0.1) is 0 Å². The summed E-state index contributed by atoms with van der Waals surface area (Å²) >= 11 is 0.427. The third-order valence-corrected chi connectivity index (χ3v) is 2.35. The van der Waals surface area contributed by atoms with E-state index in [0.717, 1.165) is 6.08 Å². The van der Waals surface area contributed by atoms with Crippen LogP contribution in [0.4, 0.5) is 0 Å². The minimum Gasteiger partial charge on any atom is -0.490 e. The third-order valence-electron chi connectivity index (χ3n) is 1.89. The summed E-state index contributed by atoms with van der Waals surface area (Å²) in [6, 6.07) is 6.74. The van der Waals surface area contributed by atoms with Crippen LogP contribution in [0.15, 0.2) is 41.8 Å². The lowest BCUT2D eigenvalue weighted by molar-refractivity contribution is -0.143. The molecule has 0 aromatic heterocycles. The van der Waals surface area contributed by atoms with Crippen molar-refractivity contribution in [1.82, 2.24) is 0 Å². The van der Waals surface area contributed by atoms with E-state index in [9.17, 15) is 9.00 Å². The van der Waals surface area contributed by atoms with E-state index in [-0.39, 0.29) is 12.7 Å². The Morgan fingerprint density at radius 3 is 2.65 bits per heavy atom. The van der Waals surface area contributed by atoms with Crippen molar-refractivity contribution in [2.24, 2.45) is 0 Å². The van der Waals surface area contributed by atoms with E-state index < -0.39 is 5.97 Å². The molecule has 1 aromatic rings. The molecule has 0 aliphatic carbocycles. The van der Waals surface area contributed by atoms with Gasteiger partial charge in [0.25, 0.3) is 4.90 Å². The molecule has 1 atom stereocenters. The average Bonchev–Trinajstić information content (AvgIpc) is 2.36. The van der Waals surface area contributed by atoms with Gasteiger partial charge in [0.2, 0.25) is 0 Å². The quantitative estimate of drug-likeness (QED) is 0.442. The summed E-state index contributed by atoms with van der Waals surface area (Å²) in [6.07, 6.45) is 0.755. The maximum Gasteiger partial charge on any atom is 0.505 e. The summed E-state index contributed by atoms with van der Waals surface area (Å²) in [6.45, 7) is 5.28.